The van der Waals surface area contributed by atoms with E-state index in [-0.39, 0.29) is 35.8 Å². The number of aliphatic hydroxyl groups excluding tert-OH is 4. The molecule has 1 aliphatic rings. The number of aromatic hydroxyl groups is 1. The van der Waals surface area contributed by atoms with Crippen LogP contribution in [-0.4, -0.2) is 89.1 Å². The number of nitriles is 1. The summed E-state index contributed by atoms with van der Waals surface area (Å²) in [5, 5.41) is 57.2. The van der Waals surface area contributed by atoms with E-state index in [1.54, 1.807) is 0 Å². The Hall–Kier alpha value is -2.72. The molecule has 0 aliphatic carbocycles. The number of carbonyl (C=O) groups is 1. The summed E-state index contributed by atoms with van der Waals surface area (Å²) in [7, 11) is 1.33. The number of aliphatic hydroxyl groups is 4. The Morgan fingerprint density at radius 3 is 2.63 bits per heavy atom. The normalized spacial score (nSPS) is 26.7. The van der Waals surface area contributed by atoms with Gasteiger partial charge in [0.2, 0.25) is 0 Å². The van der Waals surface area contributed by atoms with E-state index in [4.69, 9.17) is 29.3 Å². The lowest BCUT2D eigenvalue weighted by Crippen LogP contribution is -2.59. The van der Waals surface area contributed by atoms with Gasteiger partial charge in [0.15, 0.2) is 17.8 Å². The van der Waals surface area contributed by atoms with Gasteiger partial charge in [0.1, 0.15) is 31.0 Å². The second-order valence-corrected chi connectivity index (χ2v) is 6.33. The van der Waals surface area contributed by atoms with Crippen molar-refractivity contribution in [3.63, 3.8) is 0 Å². The van der Waals surface area contributed by atoms with Gasteiger partial charge in [-0.1, -0.05) is 0 Å². The maximum atomic E-state index is 12.1. The Bertz CT molecular complexity index is 803. The summed E-state index contributed by atoms with van der Waals surface area (Å²) >= 11 is 0. The number of ether oxygens (including phenoxy) is 4. The van der Waals surface area contributed by atoms with Crippen molar-refractivity contribution >= 4 is 5.97 Å². The number of hydrogen-bond donors (Lipinski definition) is 5. The lowest BCUT2D eigenvalue weighted by atomic mass is 9.99. The second kappa shape index (κ2) is 10.9. The van der Waals surface area contributed by atoms with E-state index in [2.05, 4.69) is 0 Å². The first-order valence-corrected chi connectivity index (χ1v) is 8.87. The van der Waals surface area contributed by atoms with Crippen LogP contribution in [0.15, 0.2) is 29.8 Å². The van der Waals surface area contributed by atoms with Crippen molar-refractivity contribution in [1.29, 1.82) is 5.26 Å². The number of phenols is 1. The van der Waals surface area contributed by atoms with Crippen molar-refractivity contribution in [3.05, 3.63) is 35.4 Å². The Morgan fingerprint density at radius 1 is 1.27 bits per heavy atom. The molecule has 0 bridgehead atoms. The van der Waals surface area contributed by atoms with Crippen LogP contribution in [0.4, 0.5) is 0 Å². The van der Waals surface area contributed by atoms with Gasteiger partial charge < -0.3 is 44.5 Å². The molecule has 0 spiro atoms. The summed E-state index contributed by atoms with van der Waals surface area (Å²) in [6.45, 7) is -1.20. The third-order valence-electron chi connectivity index (χ3n) is 4.36. The van der Waals surface area contributed by atoms with Gasteiger partial charge in [-0.05, 0) is 24.3 Å². The van der Waals surface area contributed by atoms with Crippen molar-refractivity contribution in [2.45, 2.75) is 30.7 Å². The molecule has 1 heterocycles. The predicted molar refractivity (Wildman–Crippen MR) is 98.4 cm³/mol. The molecule has 1 saturated heterocycles. The van der Waals surface area contributed by atoms with Crippen LogP contribution in [0.2, 0.25) is 0 Å². The fourth-order valence-electron chi connectivity index (χ4n) is 2.62. The van der Waals surface area contributed by atoms with E-state index in [9.17, 15) is 25.2 Å². The Morgan fingerprint density at radius 2 is 2.00 bits per heavy atom. The van der Waals surface area contributed by atoms with Crippen LogP contribution in [0.25, 0.3) is 0 Å². The number of hydrogen-bond acceptors (Lipinski definition) is 11. The quantitative estimate of drug-likeness (QED) is 0.250. The minimum Gasteiger partial charge on any atom is -0.504 e. The fourth-order valence-corrected chi connectivity index (χ4v) is 2.62. The van der Waals surface area contributed by atoms with Crippen LogP contribution in [0.1, 0.15) is 10.4 Å². The van der Waals surface area contributed by atoms with Crippen LogP contribution in [0, 0.1) is 11.3 Å². The first-order chi connectivity index (χ1) is 14.3. The molecule has 0 saturated carbocycles. The summed E-state index contributed by atoms with van der Waals surface area (Å²) in [6, 6.07) is 5.72. The van der Waals surface area contributed by atoms with Crippen molar-refractivity contribution < 1.29 is 49.3 Å². The summed E-state index contributed by atoms with van der Waals surface area (Å²) in [6.07, 6.45) is -5.83. The van der Waals surface area contributed by atoms with Gasteiger partial charge in [0.25, 0.3) is 0 Å². The molecule has 1 aliphatic heterocycles. The first kappa shape index (κ1) is 23.6. The molecule has 5 unspecified atom stereocenters. The van der Waals surface area contributed by atoms with Crippen LogP contribution in [0.3, 0.4) is 0 Å². The number of esters is 1. The van der Waals surface area contributed by atoms with Crippen LogP contribution < -0.4 is 4.74 Å². The largest absolute Gasteiger partial charge is 0.504 e. The molecule has 1 fully saturated rings. The minimum absolute atomic E-state index is 0.0404. The van der Waals surface area contributed by atoms with Gasteiger partial charge >= 0.3 is 5.97 Å². The molecule has 30 heavy (non-hydrogen) atoms. The van der Waals surface area contributed by atoms with Gasteiger partial charge in [-0.25, -0.2) is 4.79 Å². The zero-order valence-electron chi connectivity index (χ0n) is 16.0. The molecule has 11 nitrogen and oxygen atoms in total. The summed E-state index contributed by atoms with van der Waals surface area (Å²) in [5.41, 5.74) is 0.151. The lowest BCUT2D eigenvalue weighted by molar-refractivity contribution is -0.298. The van der Waals surface area contributed by atoms with Gasteiger partial charge in [-0.15, -0.1) is 0 Å². The highest BCUT2D eigenvalue weighted by Crippen LogP contribution is 2.26. The van der Waals surface area contributed by atoms with Gasteiger partial charge in [-0.3, -0.25) is 0 Å². The number of rotatable bonds is 8. The molecule has 5 N–H and O–H groups in total. The highest BCUT2D eigenvalue weighted by atomic mass is 16.7. The zero-order valence-corrected chi connectivity index (χ0v) is 16.0. The maximum Gasteiger partial charge on any atom is 0.338 e. The molecule has 2 rings (SSSR count). The SMILES string of the molecule is COc1cc(C(=O)OCC(C#N)=CCOC2OC(CO)C(O)C(O)C2O)ccc1O. The van der Waals surface area contributed by atoms with E-state index >= 15 is 0 Å². The number of nitrogens with zero attached hydrogens (tertiary/aromatic N) is 1. The summed E-state index contributed by atoms with van der Waals surface area (Å²) in [4.78, 5) is 12.1. The number of phenolic OH excluding ortho intramolecular Hbond substituents is 1. The van der Waals surface area contributed by atoms with Gasteiger partial charge in [0.05, 0.1) is 37.5 Å². The molecule has 11 heteroatoms. The monoisotopic (exact) mass is 425 g/mol. The average molecular weight is 425 g/mol. The van der Waals surface area contributed by atoms with Crippen LogP contribution in [0.5, 0.6) is 11.5 Å². The Labute approximate surface area is 171 Å². The molecule has 1 aromatic rings. The van der Waals surface area contributed by atoms with E-state index in [0.717, 1.165) is 0 Å². The standard InChI is InChI=1S/C19H23NO10/c1-27-13-6-11(2-3-12(13)22)18(26)29-9-10(7-20)4-5-28-19-17(25)16(24)15(23)14(8-21)30-19/h2-4,6,14-17,19,21-25H,5,8-9H2,1H3. The molecular weight excluding hydrogens is 402 g/mol. The molecule has 0 aromatic heterocycles. The average Bonchev–Trinajstić information content (AvgIpc) is 2.75. The summed E-state index contributed by atoms with van der Waals surface area (Å²) < 4.78 is 20.4. The van der Waals surface area contributed by atoms with E-state index < -0.39 is 43.3 Å². The Kier molecular flexibility index (Phi) is 8.55. The van der Waals surface area contributed by atoms with E-state index in [1.807, 2.05) is 6.07 Å². The highest BCUT2D eigenvalue weighted by Gasteiger charge is 2.43. The van der Waals surface area contributed by atoms with E-state index in [0.29, 0.717) is 0 Å². The predicted octanol–water partition coefficient (Wildman–Crippen LogP) is -1.18. The number of methoxy groups -OCH3 is 1. The molecule has 1 aromatic carbocycles. The third-order valence-corrected chi connectivity index (χ3v) is 4.36. The minimum atomic E-state index is -1.58. The molecule has 164 valence electrons. The highest BCUT2D eigenvalue weighted by molar-refractivity contribution is 5.90. The lowest BCUT2D eigenvalue weighted by Gasteiger charge is -2.39. The van der Waals surface area contributed by atoms with Crippen molar-refractivity contribution in [1.82, 2.24) is 0 Å². The maximum absolute atomic E-state index is 12.1. The topological polar surface area (TPSA) is 179 Å². The van der Waals surface area contributed by atoms with Crippen molar-refractivity contribution in [2.24, 2.45) is 0 Å². The van der Waals surface area contributed by atoms with Gasteiger partial charge in [-0.2, -0.15) is 5.26 Å². The van der Waals surface area contributed by atoms with Crippen molar-refractivity contribution in [2.75, 3.05) is 26.9 Å². The number of carbonyl (C=O) groups excluding carboxylic acids is 1. The van der Waals surface area contributed by atoms with E-state index in [1.165, 1.54) is 31.4 Å². The molecular formula is C19H23NO10. The molecule has 0 amide bonds. The zero-order chi connectivity index (χ0) is 22.3. The summed E-state index contributed by atoms with van der Waals surface area (Å²) in [5.74, 6) is -0.797. The first-order valence-electron chi connectivity index (χ1n) is 8.87. The molecule has 0 radical (unpaired) electrons. The third kappa shape index (κ3) is 5.67. The smallest absolute Gasteiger partial charge is 0.338 e. The van der Waals surface area contributed by atoms with Gasteiger partial charge in [0, 0.05) is 0 Å². The molecule has 5 atom stereocenters. The van der Waals surface area contributed by atoms with Crippen molar-refractivity contribution in [3.8, 4) is 17.6 Å². The number of benzene rings is 1. The van der Waals surface area contributed by atoms with Crippen LogP contribution >= 0.6 is 0 Å². The fraction of sp³-hybridized carbons (Fsp3) is 0.474. The second-order valence-electron chi connectivity index (χ2n) is 6.33. The Balaban J connectivity index is 1.90. The van der Waals surface area contributed by atoms with Crippen LogP contribution in [-0.2, 0) is 14.2 Å².